The van der Waals surface area contributed by atoms with Crippen LogP contribution in [-0.2, 0) is 0 Å². The van der Waals surface area contributed by atoms with E-state index in [1.165, 1.54) is 23.0 Å². The Morgan fingerprint density at radius 2 is 1.88 bits per heavy atom. The second-order valence-electron chi connectivity index (χ2n) is 9.47. The summed E-state index contributed by atoms with van der Waals surface area (Å²) < 4.78 is 71.9. The fourth-order valence-electron chi connectivity index (χ4n) is 5.05. The molecule has 40 heavy (non-hydrogen) atoms. The smallest absolute Gasteiger partial charge is 0.363 e. The predicted octanol–water partition coefficient (Wildman–Crippen LogP) is 7.31. The number of fused-ring (bicyclic) bond motifs is 6. The average Bonchev–Trinajstić information content (AvgIpc) is 3.61. The standard InChI is InChI=1S/C25H16ClF5N8S/c1-10-6-14(21(27)28)34-24-18(10)19-20(40-24)23-35-22(37-38(23)9-32-19)15-8-17-33-13(11-2-4-12(26)5-3-11)7-16(25(29,30)31)39(17)36-15/h2-6,8-9,13,16,21,33H,7H2,1H3/t13-,16+/m1/s1. The Hall–Kier alpha value is -3.91. The van der Waals surface area contributed by atoms with Crippen LogP contribution >= 0.6 is 22.9 Å². The molecule has 0 radical (unpaired) electrons. The summed E-state index contributed by atoms with van der Waals surface area (Å²) in [5.74, 6) is 0.268. The van der Waals surface area contributed by atoms with Gasteiger partial charge in [-0.2, -0.15) is 18.3 Å². The number of halogens is 6. The molecule has 204 valence electrons. The van der Waals surface area contributed by atoms with E-state index >= 15 is 0 Å². The molecule has 0 saturated carbocycles. The highest BCUT2D eigenvalue weighted by atomic mass is 35.5. The third kappa shape index (κ3) is 3.96. The van der Waals surface area contributed by atoms with Gasteiger partial charge in [-0.3, -0.25) is 0 Å². The van der Waals surface area contributed by atoms with Crippen LogP contribution in [0.3, 0.4) is 0 Å². The van der Waals surface area contributed by atoms with Gasteiger partial charge < -0.3 is 5.32 Å². The van der Waals surface area contributed by atoms with Crippen LogP contribution in [0.15, 0.2) is 42.7 Å². The summed E-state index contributed by atoms with van der Waals surface area (Å²) in [6, 6.07) is 6.96. The minimum atomic E-state index is -4.55. The number of alkyl halides is 5. The molecule has 0 fully saturated rings. The zero-order chi connectivity index (χ0) is 27.9. The quantitative estimate of drug-likeness (QED) is 0.218. The maximum Gasteiger partial charge on any atom is 0.410 e. The van der Waals surface area contributed by atoms with E-state index in [1.807, 2.05) is 0 Å². The third-order valence-corrected chi connectivity index (χ3v) is 8.22. The van der Waals surface area contributed by atoms with Gasteiger partial charge in [0.15, 0.2) is 11.7 Å². The molecule has 1 aliphatic rings. The van der Waals surface area contributed by atoms with E-state index in [1.54, 1.807) is 31.2 Å². The Balaban J connectivity index is 1.33. The Bertz CT molecular complexity index is 1930. The number of thiophene rings is 1. The molecule has 1 aromatic carbocycles. The molecule has 0 bridgehead atoms. The molecule has 6 aromatic rings. The lowest BCUT2D eigenvalue weighted by molar-refractivity contribution is -0.173. The Morgan fingerprint density at radius 1 is 1.10 bits per heavy atom. The summed E-state index contributed by atoms with van der Waals surface area (Å²) in [5, 5.41) is 12.9. The monoisotopic (exact) mass is 590 g/mol. The van der Waals surface area contributed by atoms with Crippen LogP contribution in [0.2, 0.25) is 5.02 Å². The number of hydrogen-bond acceptors (Lipinski definition) is 7. The van der Waals surface area contributed by atoms with Gasteiger partial charge in [0.1, 0.15) is 33.1 Å². The normalized spacial score (nSPS) is 17.7. The molecule has 5 aromatic heterocycles. The summed E-state index contributed by atoms with van der Waals surface area (Å²) in [6.45, 7) is 1.71. The van der Waals surface area contributed by atoms with Crippen molar-refractivity contribution in [3.05, 3.63) is 64.6 Å². The van der Waals surface area contributed by atoms with Crippen molar-refractivity contribution < 1.29 is 22.0 Å². The number of benzene rings is 1. The first-order valence-electron chi connectivity index (χ1n) is 12.0. The first-order valence-corrected chi connectivity index (χ1v) is 13.2. The van der Waals surface area contributed by atoms with Gasteiger partial charge in [-0.25, -0.2) is 32.9 Å². The summed E-state index contributed by atoms with van der Waals surface area (Å²) in [7, 11) is 0. The molecule has 1 N–H and O–H groups in total. The van der Waals surface area contributed by atoms with E-state index in [-0.39, 0.29) is 29.5 Å². The van der Waals surface area contributed by atoms with Crippen LogP contribution in [0.1, 0.15) is 41.8 Å². The molecule has 7 rings (SSSR count). The van der Waals surface area contributed by atoms with Crippen molar-refractivity contribution in [2.24, 2.45) is 0 Å². The molecule has 0 aliphatic carbocycles. The molecule has 6 heterocycles. The fraction of sp³-hybridized carbons (Fsp3) is 0.240. The number of pyridine rings is 1. The van der Waals surface area contributed by atoms with Crippen LogP contribution in [0, 0.1) is 6.92 Å². The van der Waals surface area contributed by atoms with Crippen molar-refractivity contribution in [2.75, 3.05) is 5.32 Å². The number of rotatable bonds is 3. The minimum absolute atomic E-state index is 0.0948. The minimum Gasteiger partial charge on any atom is -0.363 e. The molecule has 0 amide bonds. The van der Waals surface area contributed by atoms with Crippen LogP contribution < -0.4 is 5.32 Å². The van der Waals surface area contributed by atoms with Gasteiger partial charge in [-0.15, -0.1) is 16.4 Å². The first kappa shape index (κ1) is 25.1. The van der Waals surface area contributed by atoms with E-state index in [0.29, 0.717) is 42.2 Å². The molecule has 8 nitrogen and oxygen atoms in total. The number of aromatic nitrogens is 7. The van der Waals surface area contributed by atoms with Crippen molar-refractivity contribution in [3.63, 3.8) is 0 Å². The molecule has 0 saturated heterocycles. The number of nitrogens with zero attached hydrogens (tertiary/aromatic N) is 7. The van der Waals surface area contributed by atoms with E-state index in [9.17, 15) is 22.0 Å². The highest BCUT2D eigenvalue weighted by Gasteiger charge is 2.46. The summed E-state index contributed by atoms with van der Waals surface area (Å²) >= 11 is 7.11. The fourth-order valence-corrected chi connectivity index (χ4v) is 6.36. The zero-order valence-electron chi connectivity index (χ0n) is 20.3. The van der Waals surface area contributed by atoms with Crippen LogP contribution in [0.25, 0.3) is 37.6 Å². The molecule has 0 unspecified atom stereocenters. The molecule has 2 atom stereocenters. The molecule has 1 aliphatic heterocycles. The lowest BCUT2D eigenvalue weighted by Gasteiger charge is -2.33. The lowest BCUT2D eigenvalue weighted by Crippen LogP contribution is -2.35. The van der Waals surface area contributed by atoms with Gasteiger partial charge in [-0.1, -0.05) is 23.7 Å². The maximum absolute atomic E-state index is 14.1. The van der Waals surface area contributed by atoms with E-state index in [4.69, 9.17) is 11.6 Å². The van der Waals surface area contributed by atoms with Crippen molar-refractivity contribution in [1.29, 1.82) is 0 Å². The second kappa shape index (κ2) is 8.80. The number of nitrogens with one attached hydrogen (secondary N) is 1. The molecular formula is C25H16ClF5N8S. The lowest BCUT2D eigenvalue weighted by atomic mass is 9.97. The molecule has 0 spiro atoms. The van der Waals surface area contributed by atoms with Crippen LogP contribution in [0.5, 0.6) is 0 Å². The van der Waals surface area contributed by atoms with E-state index in [2.05, 4.69) is 30.5 Å². The van der Waals surface area contributed by atoms with Crippen molar-refractivity contribution in [3.8, 4) is 11.5 Å². The van der Waals surface area contributed by atoms with Gasteiger partial charge in [-0.05, 0) is 36.2 Å². The third-order valence-electron chi connectivity index (χ3n) is 6.90. The topological polar surface area (TPSA) is 85.8 Å². The van der Waals surface area contributed by atoms with E-state index in [0.717, 1.165) is 16.0 Å². The van der Waals surface area contributed by atoms with Crippen molar-refractivity contribution in [2.45, 2.75) is 38.0 Å². The van der Waals surface area contributed by atoms with Gasteiger partial charge in [0.2, 0.25) is 5.82 Å². The summed E-state index contributed by atoms with van der Waals surface area (Å²) in [5.41, 5.74) is 1.97. The Morgan fingerprint density at radius 3 is 2.60 bits per heavy atom. The SMILES string of the molecule is Cc1cc(C(F)F)nc2sc3c(ncn4nc(-c5cc6n(n5)[C@H](C(F)(F)F)C[C@H](c5ccc(Cl)cc5)N6)nc34)c12. The summed E-state index contributed by atoms with van der Waals surface area (Å²) in [6.07, 6.45) is -6.12. The van der Waals surface area contributed by atoms with Crippen molar-refractivity contribution in [1.82, 2.24) is 34.3 Å². The Kier molecular flexibility index (Phi) is 5.52. The predicted molar refractivity (Wildman–Crippen MR) is 140 cm³/mol. The number of hydrogen-bond donors (Lipinski definition) is 1. The number of anilines is 1. The number of aryl methyl sites for hydroxylation is 1. The van der Waals surface area contributed by atoms with Crippen molar-refractivity contribution >= 4 is 54.8 Å². The van der Waals surface area contributed by atoms with Gasteiger partial charge >= 0.3 is 6.18 Å². The molecular weight excluding hydrogens is 575 g/mol. The zero-order valence-corrected chi connectivity index (χ0v) is 21.9. The highest BCUT2D eigenvalue weighted by Crippen LogP contribution is 2.44. The van der Waals surface area contributed by atoms with Gasteiger partial charge in [0.25, 0.3) is 6.43 Å². The van der Waals surface area contributed by atoms with Crippen LogP contribution in [-0.4, -0.2) is 40.5 Å². The molecule has 15 heteroatoms. The first-order chi connectivity index (χ1) is 19.1. The average molecular weight is 591 g/mol. The van der Waals surface area contributed by atoms with E-state index < -0.39 is 24.7 Å². The second-order valence-corrected chi connectivity index (χ2v) is 10.9. The Labute approximate surface area is 230 Å². The maximum atomic E-state index is 14.1. The highest BCUT2D eigenvalue weighted by molar-refractivity contribution is 7.26. The largest absolute Gasteiger partial charge is 0.410 e. The summed E-state index contributed by atoms with van der Waals surface area (Å²) in [4.78, 5) is 13.5. The van der Waals surface area contributed by atoms with Crippen LogP contribution in [0.4, 0.5) is 27.8 Å². The van der Waals surface area contributed by atoms with Gasteiger partial charge in [0, 0.05) is 22.9 Å². The van der Waals surface area contributed by atoms with Gasteiger partial charge in [0.05, 0.1) is 11.6 Å².